The van der Waals surface area contributed by atoms with Crippen LogP contribution in [0.1, 0.15) is 26.3 Å². The fourth-order valence-electron chi connectivity index (χ4n) is 1.76. The molecule has 20 heavy (non-hydrogen) atoms. The SMILES string of the molecule is COc1ccc(CC(=O)C(C#N)C(=O)C(C)(C)C)cc1. The standard InChI is InChI=1S/C16H19NO3/c1-16(2,3)15(19)13(10-17)14(18)9-11-5-7-12(20-4)8-6-11/h5-8,13H,9H2,1-4H3. The number of nitriles is 1. The first-order valence-electron chi connectivity index (χ1n) is 6.39. The van der Waals surface area contributed by atoms with E-state index in [1.807, 2.05) is 6.07 Å². The van der Waals surface area contributed by atoms with Crippen molar-refractivity contribution in [3.63, 3.8) is 0 Å². The number of benzene rings is 1. The maximum atomic E-state index is 12.1. The minimum atomic E-state index is -1.20. The molecule has 106 valence electrons. The monoisotopic (exact) mass is 273 g/mol. The van der Waals surface area contributed by atoms with Crippen LogP contribution in [0.25, 0.3) is 0 Å². The maximum absolute atomic E-state index is 12.1. The number of ether oxygens (including phenoxy) is 1. The Kier molecular flexibility index (Phi) is 5.04. The first-order valence-corrected chi connectivity index (χ1v) is 6.39. The van der Waals surface area contributed by atoms with Crippen LogP contribution in [-0.2, 0) is 16.0 Å². The van der Waals surface area contributed by atoms with Crippen LogP contribution < -0.4 is 4.74 Å². The summed E-state index contributed by atoms with van der Waals surface area (Å²) in [5.74, 6) is -1.20. The molecule has 1 rings (SSSR count). The van der Waals surface area contributed by atoms with Gasteiger partial charge in [0.15, 0.2) is 17.5 Å². The molecule has 1 unspecified atom stereocenters. The number of methoxy groups -OCH3 is 1. The zero-order chi connectivity index (χ0) is 15.3. The number of hydrogen-bond donors (Lipinski definition) is 0. The van der Waals surface area contributed by atoms with E-state index in [0.717, 1.165) is 5.56 Å². The Hall–Kier alpha value is -2.15. The van der Waals surface area contributed by atoms with E-state index in [0.29, 0.717) is 5.75 Å². The average molecular weight is 273 g/mol. The van der Waals surface area contributed by atoms with Crippen LogP contribution in [0, 0.1) is 22.7 Å². The third-order valence-electron chi connectivity index (χ3n) is 2.99. The maximum Gasteiger partial charge on any atom is 0.164 e. The van der Waals surface area contributed by atoms with E-state index >= 15 is 0 Å². The van der Waals surface area contributed by atoms with Gasteiger partial charge in [0, 0.05) is 11.8 Å². The lowest BCUT2D eigenvalue weighted by Crippen LogP contribution is -2.33. The second kappa shape index (κ2) is 6.33. The minimum absolute atomic E-state index is 0.0735. The van der Waals surface area contributed by atoms with Crippen molar-refractivity contribution < 1.29 is 14.3 Å². The Morgan fingerprint density at radius 1 is 1.25 bits per heavy atom. The first-order chi connectivity index (χ1) is 9.29. The smallest absolute Gasteiger partial charge is 0.164 e. The summed E-state index contributed by atoms with van der Waals surface area (Å²) in [5.41, 5.74) is 0.0634. The Morgan fingerprint density at radius 3 is 2.20 bits per heavy atom. The molecule has 4 nitrogen and oxygen atoms in total. The first kappa shape index (κ1) is 15.9. The van der Waals surface area contributed by atoms with Gasteiger partial charge in [-0.3, -0.25) is 9.59 Å². The van der Waals surface area contributed by atoms with Crippen molar-refractivity contribution >= 4 is 11.6 Å². The summed E-state index contributed by atoms with van der Waals surface area (Å²) in [6.07, 6.45) is 0.0735. The summed E-state index contributed by atoms with van der Waals surface area (Å²) in [5, 5.41) is 9.08. The van der Waals surface area contributed by atoms with E-state index < -0.39 is 11.3 Å². The number of carbonyl (C=O) groups excluding carboxylic acids is 2. The van der Waals surface area contributed by atoms with E-state index in [2.05, 4.69) is 0 Å². The molecule has 0 aromatic heterocycles. The molecule has 0 radical (unpaired) electrons. The number of ketones is 2. The van der Waals surface area contributed by atoms with Crippen molar-refractivity contribution in [3.8, 4) is 11.8 Å². The van der Waals surface area contributed by atoms with E-state index in [4.69, 9.17) is 10.00 Å². The normalized spacial score (nSPS) is 12.3. The van der Waals surface area contributed by atoms with E-state index in [9.17, 15) is 9.59 Å². The molecular weight excluding hydrogens is 254 g/mol. The topological polar surface area (TPSA) is 67.2 Å². The van der Waals surface area contributed by atoms with E-state index in [1.54, 1.807) is 52.1 Å². The summed E-state index contributed by atoms with van der Waals surface area (Å²) < 4.78 is 5.03. The van der Waals surface area contributed by atoms with Gasteiger partial charge in [0.2, 0.25) is 0 Å². The molecule has 0 aliphatic rings. The van der Waals surface area contributed by atoms with Crippen LogP contribution in [0.2, 0.25) is 0 Å². The lowest BCUT2D eigenvalue weighted by molar-refractivity contribution is -0.135. The molecule has 0 fully saturated rings. The summed E-state index contributed by atoms with van der Waals surface area (Å²) >= 11 is 0. The molecule has 0 aliphatic heterocycles. The van der Waals surface area contributed by atoms with Gasteiger partial charge in [0.05, 0.1) is 13.2 Å². The number of nitrogens with zero attached hydrogens (tertiary/aromatic N) is 1. The number of Topliss-reactive ketones (excluding diaryl/α,β-unsaturated/α-hetero) is 2. The van der Waals surface area contributed by atoms with Gasteiger partial charge in [-0.05, 0) is 17.7 Å². The predicted molar refractivity (Wildman–Crippen MR) is 75.3 cm³/mol. The van der Waals surface area contributed by atoms with Crippen LogP contribution in [-0.4, -0.2) is 18.7 Å². The fourth-order valence-corrected chi connectivity index (χ4v) is 1.76. The zero-order valence-corrected chi connectivity index (χ0v) is 12.3. The third-order valence-corrected chi connectivity index (χ3v) is 2.99. The molecule has 0 bridgehead atoms. The summed E-state index contributed by atoms with van der Waals surface area (Å²) in [6, 6.07) is 8.83. The number of hydrogen-bond acceptors (Lipinski definition) is 4. The molecule has 0 aliphatic carbocycles. The van der Waals surface area contributed by atoms with Crippen LogP contribution in [0.4, 0.5) is 0 Å². The quantitative estimate of drug-likeness (QED) is 0.773. The summed E-state index contributed by atoms with van der Waals surface area (Å²) in [7, 11) is 1.56. The van der Waals surface area contributed by atoms with Crippen LogP contribution in [0.5, 0.6) is 5.75 Å². The van der Waals surface area contributed by atoms with E-state index in [1.165, 1.54) is 0 Å². The van der Waals surface area contributed by atoms with Crippen molar-refractivity contribution in [2.75, 3.05) is 7.11 Å². The van der Waals surface area contributed by atoms with Gasteiger partial charge in [-0.25, -0.2) is 0 Å². The van der Waals surface area contributed by atoms with Gasteiger partial charge in [0.1, 0.15) is 5.75 Å². The Balaban J connectivity index is 2.83. The van der Waals surface area contributed by atoms with Gasteiger partial charge in [0.25, 0.3) is 0 Å². The second-order valence-electron chi connectivity index (χ2n) is 5.67. The van der Waals surface area contributed by atoms with Gasteiger partial charge in [-0.2, -0.15) is 5.26 Å². The fraction of sp³-hybridized carbons (Fsp3) is 0.438. The van der Waals surface area contributed by atoms with Crippen molar-refractivity contribution in [3.05, 3.63) is 29.8 Å². The zero-order valence-electron chi connectivity index (χ0n) is 12.3. The Labute approximate surface area is 119 Å². The van der Waals surface area contributed by atoms with Gasteiger partial charge in [-0.15, -0.1) is 0 Å². The summed E-state index contributed by atoms with van der Waals surface area (Å²) in [6.45, 7) is 5.13. The molecule has 1 aromatic carbocycles. The summed E-state index contributed by atoms with van der Waals surface area (Å²) in [4.78, 5) is 24.2. The van der Waals surface area contributed by atoms with Gasteiger partial charge < -0.3 is 4.74 Å². The van der Waals surface area contributed by atoms with Crippen molar-refractivity contribution in [2.24, 2.45) is 11.3 Å². The van der Waals surface area contributed by atoms with Gasteiger partial charge >= 0.3 is 0 Å². The number of rotatable bonds is 5. The Morgan fingerprint density at radius 2 is 1.80 bits per heavy atom. The lowest BCUT2D eigenvalue weighted by atomic mass is 9.81. The van der Waals surface area contributed by atoms with Crippen LogP contribution >= 0.6 is 0 Å². The predicted octanol–water partition coefficient (Wildman–Crippen LogP) is 2.56. The van der Waals surface area contributed by atoms with Crippen LogP contribution in [0.15, 0.2) is 24.3 Å². The highest BCUT2D eigenvalue weighted by Crippen LogP contribution is 2.22. The number of carbonyl (C=O) groups is 2. The molecule has 0 N–H and O–H groups in total. The minimum Gasteiger partial charge on any atom is -0.497 e. The lowest BCUT2D eigenvalue weighted by Gasteiger charge is -2.19. The highest BCUT2D eigenvalue weighted by Gasteiger charge is 2.34. The highest BCUT2D eigenvalue weighted by atomic mass is 16.5. The molecule has 0 saturated carbocycles. The molecule has 0 saturated heterocycles. The molecule has 0 heterocycles. The molecule has 0 spiro atoms. The molecule has 0 amide bonds. The van der Waals surface area contributed by atoms with Crippen molar-refractivity contribution in [2.45, 2.75) is 27.2 Å². The molecule has 1 atom stereocenters. The second-order valence-corrected chi connectivity index (χ2v) is 5.67. The molecular formula is C16H19NO3. The largest absolute Gasteiger partial charge is 0.497 e. The van der Waals surface area contributed by atoms with Crippen LogP contribution in [0.3, 0.4) is 0 Å². The molecule has 4 heteroatoms. The third kappa shape index (κ3) is 3.92. The highest BCUT2D eigenvalue weighted by molar-refractivity contribution is 6.07. The van der Waals surface area contributed by atoms with Crippen molar-refractivity contribution in [1.82, 2.24) is 0 Å². The molecule has 1 aromatic rings. The average Bonchev–Trinajstić information content (AvgIpc) is 2.39. The van der Waals surface area contributed by atoms with E-state index in [-0.39, 0.29) is 18.0 Å². The van der Waals surface area contributed by atoms with Gasteiger partial charge in [-0.1, -0.05) is 32.9 Å². The Bertz CT molecular complexity index is 532. The van der Waals surface area contributed by atoms with Crippen molar-refractivity contribution in [1.29, 1.82) is 5.26 Å².